The molecule has 0 spiro atoms. The molecule has 166 valence electrons. The molecule has 10 heteroatoms. The fourth-order valence-electron chi connectivity index (χ4n) is 2.87. The first-order valence-corrected chi connectivity index (χ1v) is 10.8. The number of aliphatic imine (C=N–C) groups is 1. The van der Waals surface area contributed by atoms with Gasteiger partial charge in [-0.25, -0.2) is 9.37 Å². The van der Waals surface area contributed by atoms with Crippen molar-refractivity contribution in [3.05, 3.63) is 65.2 Å². The number of halogens is 2. The van der Waals surface area contributed by atoms with E-state index in [1.54, 1.807) is 38.1 Å². The van der Waals surface area contributed by atoms with Gasteiger partial charge in [-0.05, 0) is 53.8 Å². The van der Waals surface area contributed by atoms with Crippen LogP contribution in [0.2, 0.25) is 0 Å². The first-order valence-electron chi connectivity index (χ1n) is 9.39. The van der Waals surface area contributed by atoms with E-state index in [4.69, 9.17) is 4.74 Å². The van der Waals surface area contributed by atoms with Crippen LogP contribution in [0.5, 0.6) is 5.75 Å². The molecule has 0 saturated heterocycles. The van der Waals surface area contributed by atoms with Crippen LogP contribution in [0.25, 0.3) is 11.4 Å². The summed E-state index contributed by atoms with van der Waals surface area (Å²) in [6.07, 6.45) is 2.00. The Morgan fingerprint density at radius 2 is 1.87 bits per heavy atom. The standard InChI is InChI=1S/C21H25FN6OS.HI/c1-23-21(24-11-15-4-7-17(22)10-16(15)13-30-3)25-12-19-26-20(28-27-19)14-5-8-18(29-2)9-6-14;/h4-10H,11-13H2,1-3H3,(H2,23,24,25)(H,26,27,28);1H. The molecular weight excluding hydrogens is 530 g/mol. The van der Waals surface area contributed by atoms with Crippen molar-refractivity contribution >= 4 is 41.7 Å². The lowest BCUT2D eigenvalue weighted by atomic mass is 10.1. The number of aromatic nitrogens is 3. The fourth-order valence-corrected chi connectivity index (χ4v) is 3.45. The van der Waals surface area contributed by atoms with Gasteiger partial charge in [-0.2, -0.15) is 16.9 Å². The van der Waals surface area contributed by atoms with Crippen molar-refractivity contribution < 1.29 is 9.13 Å². The van der Waals surface area contributed by atoms with Crippen molar-refractivity contribution in [3.8, 4) is 17.1 Å². The molecule has 2 aromatic carbocycles. The van der Waals surface area contributed by atoms with Crippen LogP contribution < -0.4 is 15.4 Å². The van der Waals surface area contributed by atoms with E-state index in [9.17, 15) is 4.39 Å². The number of hydrogen-bond donors (Lipinski definition) is 3. The maximum atomic E-state index is 13.5. The molecule has 0 saturated carbocycles. The summed E-state index contributed by atoms with van der Waals surface area (Å²) in [5.74, 6) is 3.25. The summed E-state index contributed by atoms with van der Waals surface area (Å²) in [6.45, 7) is 0.979. The molecule has 1 aromatic heterocycles. The monoisotopic (exact) mass is 556 g/mol. The number of thioether (sulfide) groups is 1. The Morgan fingerprint density at radius 1 is 1.13 bits per heavy atom. The van der Waals surface area contributed by atoms with Crippen LogP contribution in [0.4, 0.5) is 4.39 Å². The summed E-state index contributed by atoms with van der Waals surface area (Å²) in [5.41, 5.74) is 2.92. The first-order chi connectivity index (χ1) is 14.6. The van der Waals surface area contributed by atoms with Crippen LogP contribution >= 0.6 is 35.7 Å². The number of nitrogens with one attached hydrogen (secondary N) is 3. The van der Waals surface area contributed by atoms with Gasteiger partial charge in [0.2, 0.25) is 0 Å². The number of ether oxygens (including phenoxy) is 1. The minimum atomic E-state index is -0.219. The lowest BCUT2D eigenvalue weighted by Gasteiger charge is -2.13. The largest absolute Gasteiger partial charge is 0.497 e. The second-order valence-electron chi connectivity index (χ2n) is 6.46. The third-order valence-corrected chi connectivity index (χ3v) is 5.04. The molecule has 1 heterocycles. The quantitative estimate of drug-likeness (QED) is 0.221. The predicted octanol–water partition coefficient (Wildman–Crippen LogP) is 3.97. The number of methoxy groups -OCH3 is 1. The molecule has 3 N–H and O–H groups in total. The molecule has 7 nitrogen and oxygen atoms in total. The number of guanidine groups is 1. The van der Waals surface area contributed by atoms with E-state index < -0.39 is 0 Å². The molecule has 3 aromatic rings. The van der Waals surface area contributed by atoms with E-state index in [0.717, 1.165) is 28.2 Å². The normalized spacial score (nSPS) is 11.0. The summed E-state index contributed by atoms with van der Waals surface area (Å²) in [5, 5.41) is 13.7. The number of nitrogens with zero attached hydrogens (tertiary/aromatic N) is 3. The van der Waals surface area contributed by atoms with E-state index >= 15 is 0 Å². The van der Waals surface area contributed by atoms with Gasteiger partial charge in [0.15, 0.2) is 11.8 Å². The number of aromatic amines is 1. The zero-order chi connectivity index (χ0) is 21.3. The summed E-state index contributed by atoms with van der Waals surface area (Å²) < 4.78 is 18.7. The fraction of sp³-hybridized carbons (Fsp3) is 0.286. The number of rotatable bonds is 8. The van der Waals surface area contributed by atoms with Gasteiger partial charge in [0.25, 0.3) is 0 Å². The number of hydrogen-bond acceptors (Lipinski definition) is 5. The third-order valence-electron chi connectivity index (χ3n) is 4.44. The zero-order valence-electron chi connectivity index (χ0n) is 17.6. The lowest BCUT2D eigenvalue weighted by molar-refractivity contribution is 0.415. The minimum absolute atomic E-state index is 0. The van der Waals surface area contributed by atoms with Gasteiger partial charge < -0.3 is 15.4 Å². The summed E-state index contributed by atoms with van der Waals surface area (Å²) >= 11 is 1.66. The number of H-pyrrole nitrogens is 1. The van der Waals surface area contributed by atoms with Gasteiger partial charge in [0.05, 0.1) is 13.7 Å². The first kappa shape index (κ1) is 24.9. The Balaban J connectivity index is 0.00000341. The summed E-state index contributed by atoms with van der Waals surface area (Å²) in [6, 6.07) is 12.4. The SMILES string of the molecule is CN=C(NCc1nc(-c2ccc(OC)cc2)n[nH]1)NCc1ccc(F)cc1CSC.I. The molecule has 0 bridgehead atoms. The van der Waals surface area contributed by atoms with Crippen LogP contribution in [0, 0.1) is 5.82 Å². The predicted molar refractivity (Wildman–Crippen MR) is 134 cm³/mol. The van der Waals surface area contributed by atoms with Crippen molar-refractivity contribution in [3.63, 3.8) is 0 Å². The van der Waals surface area contributed by atoms with Gasteiger partial charge in [0.1, 0.15) is 17.4 Å². The second-order valence-corrected chi connectivity index (χ2v) is 7.33. The van der Waals surface area contributed by atoms with E-state index in [-0.39, 0.29) is 29.8 Å². The molecule has 0 aliphatic carbocycles. The van der Waals surface area contributed by atoms with Crippen LogP contribution in [0.15, 0.2) is 47.5 Å². The lowest BCUT2D eigenvalue weighted by Crippen LogP contribution is -2.36. The maximum Gasteiger partial charge on any atom is 0.191 e. The van der Waals surface area contributed by atoms with Crippen LogP contribution in [-0.2, 0) is 18.8 Å². The minimum Gasteiger partial charge on any atom is -0.497 e. The number of benzene rings is 2. The molecule has 0 radical (unpaired) electrons. The van der Waals surface area contributed by atoms with Crippen molar-refractivity contribution in [2.24, 2.45) is 4.99 Å². The summed E-state index contributed by atoms with van der Waals surface area (Å²) in [7, 11) is 3.33. The van der Waals surface area contributed by atoms with Crippen molar-refractivity contribution in [1.29, 1.82) is 0 Å². The van der Waals surface area contributed by atoms with E-state index in [0.29, 0.717) is 30.7 Å². The Hall–Kier alpha value is -2.34. The third kappa shape index (κ3) is 7.10. The zero-order valence-corrected chi connectivity index (χ0v) is 20.8. The van der Waals surface area contributed by atoms with Crippen molar-refractivity contribution in [1.82, 2.24) is 25.8 Å². The topological polar surface area (TPSA) is 87.2 Å². The Bertz CT molecular complexity index is 996. The average Bonchev–Trinajstić information content (AvgIpc) is 3.24. The van der Waals surface area contributed by atoms with Gasteiger partial charge in [0, 0.05) is 24.9 Å². The highest BCUT2D eigenvalue weighted by Crippen LogP contribution is 2.19. The highest BCUT2D eigenvalue weighted by atomic mass is 127. The average molecular weight is 556 g/mol. The van der Waals surface area contributed by atoms with Gasteiger partial charge in [-0.3, -0.25) is 10.1 Å². The van der Waals surface area contributed by atoms with Crippen molar-refractivity contribution in [2.45, 2.75) is 18.8 Å². The molecule has 0 fully saturated rings. The van der Waals surface area contributed by atoms with Gasteiger partial charge in [-0.1, -0.05) is 6.07 Å². The highest BCUT2D eigenvalue weighted by Gasteiger charge is 2.08. The van der Waals surface area contributed by atoms with E-state index in [2.05, 4.69) is 30.8 Å². The molecule has 3 rings (SSSR count). The highest BCUT2D eigenvalue weighted by molar-refractivity contribution is 14.0. The molecule has 0 atom stereocenters. The molecule has 0 unspecified atom stereocenters. The molecule has 0 amide bonds. The second kappa shape index (κ2) is 12.5. The van der Waals surface area contributed by atoms with E-state index in [1.165, 1.54) is 6.07 Å². The van der Waals surface area contributed by atoms with Gasteiger partial charge in [-0.15, -0.1) is 24.0 Å². The van der Waals surface area contributed by atoms with E-state index in [1.807, 2.05) is 30.5 Å². The Morgan fingerprint density at radius 3 is 2.55 bits per heavy atom. The molecule has 0 aliphatic rings. The Labute approximate surface area is 202 Å². The molecule has 31 heavy (non-hydrogen) atoms. The Kier molecular flexibility index (Phi) is 10.0. The summed E-state index contributed by atoms with van der Waals surface area (Å²) in [4.78, 5) is 8.75. The van der Waals surface area contributed by atoms with Crippen LogP contribution in [-0.4, -0.2) is 41.6 Å². The van der Waals surface area contributed by atoms with Crippen LogP contribution in [0.1, 0.15) is 17.0 Å². The van der Waals surface area contributed by atoms with Gasteiger partial charge >= 0.3 is 0 Å². The smallest absolute Gasteiger partial charge is 0.191 e. The molecular formula is C21H26FIN6OS. The maximum absolute atomic E-state index is 13.5. The van der Waals surface area contributed by atoms with Crippen molar-refractivity contribution in [2.75, 3.05) is 20.4 Å². The van der Waals surface area contributed by atoms with Crippen LogP contribution in [0.3, 0.4) is 0 Å². The molecule has 0 aliphatic heterocycles.